The molecule has 0 saturated heterocycles. The fraction of sp³-hybridized carbons (Fsp3) is 0.214. The van der Waals surface area contributed by atoms with E-state index < -0.39 is 0 Å². The lowest BCUT2D eigenvalue weighted by Crippen LogP contribution is -1.84. The highest BCUT2D eigenvalue weighted by Crippen LogP contribution is 2.28. The molecule has 2 aromatic heterocycles. The number of rotatable bonds is 0. The summed E-state index contributed by atoms with van der Waals surface area (Å²) >= 11 is 0. The summed E-state index contributed by atoms with van der Waals surface area (Å²) in [7, 11) is 0. The lowest BCUT2D eigenvalue weighted by Gasteiger charge is -2.02. The van der Waals surface area contributed by atoms with Gasteiger partial charge in [-0.3, -0.25) is 4.98 Å². The molecule has 0 atom stereocenters. The van der Waals surface area contributed by atoms with Gasteiger partial charge in [0.15, 0.2) is 0 Å². The van der Waals surface area contributed by atoms with Gasteiger partial charge in [0, 0.05) is 22.7 Å². The van der Waals surface area contributed by atoms with Crippen LogP contribution in [0, 0.1) is 20.8 Å². The van der Waals surface area contributed by atoms with Crippen molar-refractivity contribution in [1.82, 2.24) is 9.97 Å². The number of fused-ring (bicyclic) bond motifs is 3. The number of hydrogen-bond acceptors (Lipinski definition) is 1. The van der Waals surface area contributed by atoms with Crippen molar-refractivity contribution >= 4 is 21.8 Å². The molecule has 0 fully saturated rings. The smallest absolute Gasteiger partial charge is 0.0752 e. The largest absolute Gasteiger partial charge is 0.358 e. The molecule has 0 bridgehead atoms. The summed E-state index contributed by atoms with van der Waals surface area (Å²) < 4.78 is 0. The van der Waals surface area contributed by atoms with E-state index in [2.05, 4.69) is 48.9 Å². The molecule has 16 heavy (non-hydrogen) atoms. The summed E-state index contributed by atoms with van der Waals surface area (Å²) in [6, 6.07) is 6.32. The van der Waals surface area contributed by atoms with Gasteiger partial charge in [-0.2, -0.15) is 0 Å². The first-order valence-electron chi connectivity index (χ1n) is 5.51. The van der Waals surface area contributed by atoms with Crippen LogP contribution in [0.15, 0.2) is 24.4 Å². The van der Waals surface area contributed by atoms with Crippen LogP contribution in [-0.2, 0) is 0 Å². The number of nitrogens with one attached hydrogen (secondary N) is 1. The topological polar surface area (TPSA) is 28.7 Å². The van der Waals surface area contributed by atoms with E-state index in [9.17, 15) is 0 Å². The summed E-state index contributed by atoms with van der Waals surface area (Å²) in [5, 5.41) is 2.45. The zero-order valence-corrected chi connectivity index (χ0v) is 9.76. The first-order chi connectivity index (χ1) is 7.68. The van der Waals surface area contributed by atoms with Gasteiger partial charge >= 0.3 is 0 Å². The van der Waals surface area contributed by atoms with Gasteiger partial charge in [0.25, 0.3) is 0 Å². The molecule has 0 unspecified atom stereocenters. The van der Waals surface area contributed by atoms with Crippen LogP contribution < -0.4 is 0 Å². The predicted octanol–water partition coefficient (Wildman–Crippen LogP) is 3.64. The molecular formula is C14H14N2. The molecule has 2 nitrogen and oxygen atoms in total. The minimum absolute atomic E-state index is 1.09. The van der Waals surface area contributed by atoms with Crippen molar-refractivity contribution in [3.8, 4) is 0 Å². The number of pyridine rings is 1. The highest BCUT2D eigenvalue weighted by atomic mass is 14.7. The average molecular weight is 210 g/mol. The van der Waals surface area contributed by atoms with Crippen molar-refractivity contribution in [2.75, 3.05) is 0 Å². The van der Waals surface area contributed by atoms with Gasteiger partial charge in [-0.25, -0.2) is 0 Å². The van der Waals surface area contributed by atoms with Gasteiger partial charge in [0.1, 0.15) is 0 Å². The molecule has 2 heterocycles. The van der Waals surface area contributed by atoms with Gasteiger partial charge in [-0.05, 0) is 31.9 Å². The second-order valence-electron chi connectivity index (χ2n) is 4.39. The summed E-state index contributed by atoms with van der Waals surface area (Å²) in [4.78, 5) is 8.02. The zero-order valence-electron chi connectivity index (χ0n) is 9.76. The van der Waals surface area contributed by atoms with Crippen LogP contribution in [0.1, 0.15) is 16.8 Å². The Morgan fingerprint density at radius 3 is 2.69 bits per heavy atom. The third-order valence-electron chi connectivity index (χ3n) is 3.38. The zero-order chi connectivity index (χ0) is 11.3. The number of benzene rings is 1. The van der Waals surface area contributed by atoms with E-state index >= 15 is 0 Å². The van der Waals surface area contributed by atoms with E-state index in [0.29, 0.717) is 0 Å². The van der Waals surface area contributed by atoms with Crippen molar-refractivity contribution in [3.63, 3.8) is 0 Å². The second-order valence-corrected chi connectivity index (χ2v) is 4.39. The fourth-order valence-corrected chi connectivity index (χ4v) is 2.27. The van der Waals surface area contributed by atoms with E-state index in [-0.39, 0.29) is 0 Å². The molecule has 0 aliphatic heterocycles. The Bertz CT molecular complexity index is 693. The van der Waals surface area contributed by atoms with Crippen molar-refractivity contribution in [3.05, 3.63) is 41.2 Å². The molecule has 0 amide bonds. The summed E-state index contributed by atoms with van der Waals surface area (Å²) in [6.45, 7) is 6.35. The van der Waals surface area contributed by atoms with Gasteiger partial charge < -0.3 is 4.98 Å². The number of nitrogens with zero attached hydrogens (tertiary/aromatic N) is 1. The Kier molecular flexibility index (Phi) is 1.81. The maximum Gasteiger partial charge on any atom is 0.0752 e. The van der Waals surface area contributed by atoms with Crippen molar-refractivity contribution in [2.24, 2.45) is 0 Å². The number of H-pyrrole nitrogens is 1. The summed E-state index contributed by atoms with van der Waals surface area (Å²) in [5.41, 5.74) is 6.06. The summed E-state index contributed by atoms with van der Waals surface area (Å²) in [5.74, 6) is 0. The van der Waals surface area contributed by atoms with Gasteiger partial charge in [0.05, 0.1) is 11.0 Å². The number of hydrogen-bond donors (Lipinski definition) is 1. The molecule has 3 rings (SSSR count). The lowest BCUT2D eigenvalue weighted by atomic mass is 10.1. The number of aryl methyl sites for hydroxylation is 3. The molecule has 80 valence electrons. The third kappa shape index (κ3) is 1.10. The van der Waals surface area contributed by atoms with Crippen molar-refractivity contribution in [2.45, 2.75) is 20.8 Å². The lowest BCUT2D eigenvalue weighted by molar-refractivity contribution is 1.26. The van der Waals surface area contributed by atoms with Gasteiger partial charge in [-0.15, -0.1) is 0 Å². The van der Waals surface area contributed by atoms with Crippen LogP contribution in [0.5, 0.6) is 0 Å². The Morgan fingerprint density at radius 2 is 1.88 bits per heavy atom. The normalized spacial score (nSPS) is 11.4. The molecule has 0 saturated carbocycles. The van der Waals surface area contributed by atoms with E-state index in [4.69, 9.17) is 0 Å². The molecule has 2 heteroatoms. The Morgan fingerprint density at radius 1 is 1.06 bits per heavy atom. The first-order valence-corrected chi connectivity index (χ1v) is 5.51. The maximum atomic E-state index is 4.56. The molecule has 1 N–H and O–H groups in total. The van der Waals surface area contributed by atoms with E-state index in [1.807, 2.05) is 6.20 Å². The highest BCUT2D eigenvalue weighted by Gasteiger charge is 2.08. The monoisotopic (exact) mass is 210 g/mol. The molecule has 3 aromatic rings. The SMILES string of the molecule is Cc1[nH]c2c(cnc3c(C)cccc32)c1C. The molecule has 0 radical (unpaired) electrons. The third-order valence-corrected chi connectivity index (χ3v) is 3.38. The second kappa shape index (κ2) is 3.08. The number of aromatic nitrogens is 2. The molecule has 0 aliphatic rings. The van der Waals surface area contributed by atoms with Crippen LogP contribution in [0.2, 0.25) is 0 Å². The summed E-state index contributed by atoms with van der Waals surface area (Å²) in [6.07, 6.45) is 1.98. The van der Waals surface area contributed by atoms with Crippen LogP contribution in [0.3, 0.4) is 0 Å². The molecule has 0 spiro atoms. The van der Waals surface area contributed by atoms with Crippen molar-refractivity contribution < 1.29 is 0 Å². The molecule has 1 aromatic carbocycles. The maximum absolute atomic E-state index is 4.56. The Hall–Kier alpha value is -1.83. The highest BCUT2D eigenvalue weighted by molar-refractivity contribution is 6.05. The van der Waals surface area contributed by atoms with E-state index in [1.165, 1.54) is 33.1 Å². The Balaban J connectivity index is 2.60. The standard InChI is InChI=1S/C14H14N2/c1-8-5-4-6-11-13(8)15-7-12-9(2)10(3)16-14(11)12/h4-7,16H,1-3H3. The molecular weight excluding hydrogens is 196 g/mol. The van der Waals surface area contributed by atoms with Crippen LogP contribution in [0.25, 0.3) is 21.8 Å². The number of para-hydroxylation sites is 1. The fourth-order valence-electron chi connectivity index (χ4n) is 2.27. The van der Waals surface area contributed by atoms with Gasteiger partial charge in [0.2, 0.25) is 0 Å². The molecule has 0 aliphatic carbocycles. The number of aromatic amines is 1. The quantitative estimate of drug-likeness (QED) is 0.603. The van der Waals surface area contributed by atoms with Crippen molar-refractivity contribution in [1.29, 1.82) is 0 Å². The van der Waals surface area contributed by atoms with Crippen LogP contribution in [-0.4, -0.2) is 9.97 Å². The van der Waals surface area contributed by atoms with Gasteiger partial charge in [-0.1, -0.05) is 18.2 Å². The minimum atomic E-state index is 1.09. The average Bonchev–Trinajstić information content (AvgIpc) is 2.56. The first kappa shape index (κ1) is 9.40. The van der Waals surface area contributed by atoms with Crippen LogP contribution in [0.4, 0.5) is 0 Å². The van der Waals surface area contributed by atoms with E-state index in [0.717, 1.165) is 5.52 Å². The Labute approximate surface area is 94.3 Å². The van der Waals surface area contributed by atoms with E-state index in [1.54, 1.807) is 0 Å². The van der Waals surface area contributed by atoms with Crippen LogP contribution >= 0.6 is 0 Å². The predicted molar refractivity (Wildman–Crippen MR) is 67.8 cm³/mol. The minimum Gasteiger partial charge on any atom is -0.358 e.